The molecule has 0 atom stereocenters. The van der Waals surface area contributed by atoms with Gasteiger partial charge in [0.1, 0.15) is 24.5 Å². The zero-order valence-corrected chi connectivity index (χ0v) is 37.8. The number of quaternary nitrogens is 2. The molecule has 0 spiro atoms. The van der Waals surface area contributed by atoms with Gasteiger partial charge in [0.05, 0.1) is 82.6 Å². The fourth-order valence-electron chi connectivity index (χ4n) is 4.88. The summed E-state index contributed by atoms with van der Waals surface area (Å²) < 4.78 is 34.9. The molecule has 4 rings (SSSR count). The molecule has 61 heavy (non-hydrogen) atoms. The van der Waals surface area contributed by atoms with Gasteiger partial charge in [-0.3, -0.25) is 37.8 Å². The number of hydrogen-bond acceptors (Lipinski definition) is 16. The largest absolute Gasteiger partial charge is 0.759 e. The van der Waals surface area contributed by atoms with Gasteiger partial charge in [-0.2, -0.15) is 21.9 Å². The number of azo groups is 2. The monoisotopic (exact) mass is 946 g/mol. The molecule has 4 aromatic carbocycles. The number of anilines is 2. The molecule has 20 nitrogen and oxygen atoms in total. The number of benzene rings is 4. The van der Waals surface area contributed by atoms with Crippen LogP contribution in [-0.4, -0.2) is 104 Å². The van der Waals surface area contributed by atoms with Crippen molar-refractivity contribution in [3.05, 3.63) is 113 Å². The number of nitrogens with zero attached hydrogens (tertiary/aromatic N) is 10. The lowest BCUT2D eigenvalue weighted by molar-refractivity contribution is -0.900. The first-order chi connectivity index (χ1) is 28.2. The molecule has 0 saturated heterocycles. The van der Waals surface area contributed by atoms with Crippen molar-refractivity contribution in [2.45, 2.75) is 13.8 Å². The van der Waals surface area contributed by atoms with E-state index in [-0.39, 0.29) is 42.8 Å². The van der Waals surface area contributed by atoms with E-state index in [2.05, 4.69) is 44.1 Å². The zero-order chi connectivity index (χ0) is 46.3. The fraction of sp³-hybridized carbons (Fsp3) is 0.333. The molecule has 0 radical (unpaired) electrons. The summed E-state index contributed by atoms with van der Waals surface area (Å²) in [6.07, 6.45) is 0. The highest BCUT2D eigenvalue weighted by Gasteiger charge is 2.17. The first-order valence-corrected chi connectivity index (χ1v) is 20.8. The first kappa shape index (κ1) is 52.5. The Balaban J connectivity index is 0.000000378. The van der Waals surface area contributed by atoms with Gasteiger partial charge in [0.25, 0.3) is 11.4 Å². The summed E-state index contributed by atoms with van der Waals surface area (Å²) in [7, 11) is 2.63. The van der Waals surface area contributed by atoms with E-state index in [0.29, 0.717) is 20.6 Å². The van der Waals surface area contributed by atoms with E-state index >= 15 is 0 Å². The van der Waals surface area contributed by atoms with Crippen molar-refractivity contribution in [3.63, 3.8) is 0 Å². The van der Waals surface area contributed by atoms with Gasteiger partial charge >= 0.3 is 0 Å². The Morgan fingerprint density at radius 1 is 0.590 bits per heavy atom. The lowest BCUT2D eigenvalue weighted by Crippen LogP contribution is -2.51. The molecular weight excluding hydrogens is 902 g/mol. The Morgan fingerprint density at radius 2 is 0.852 bits per heavy atom. The quantitative estimate of drug-likeness (QED) is 0.0203. The van der Waals surface area contributed by atoms with Crippen LogP contribution in [0.5, 0.6) is 0 Å². The van der Waals surface area contributed by atoms with Crippen LogP contribution < -0.4 is 21.5 Å². The molecule has 0 heterocycles. The van der Waals surface area contributed by atoms with E-state index < -0.39 is 20.2 Å². The number of non-ortho nitro benzene ring substituents is 2. The van der Waals surface area contributed by atoms with E-state index in [4.69, 9.17) is 75.6 Å². The molecule has 4 N–H and O–H groups in total. The average molecular weight is 949 g/mol. The number of nitrogens with two attached hydrogens (primary N) is 2. The average Bonchev–Trinajstić information content (AvgIpc) is 3.14. The molecular formula is C36H46Cl4N12O8S. The van der Waals surface area contributed by atoms with Crippen LogP contribution >= 0.6 is 46.4 Å². The Bertz CT molecular complexity index is 2080. The SMILES string of the molecule is CCN(CC[N+](C)(C)N)c1ccc(N=Nc2c(Cl)cc([N+](=O)[O-])cc2Cl)cc1.CCN(CC[N+](C)(C)N)c1ccc(N=Nc2c(Cl)cc([N+](=O)[O-])cc2Cl)cc1.O=S(=O)([O-])[O-]. The third-order valence-corrected chi connectivity index (χ3v) is 9.19. The van der Waals surface area contributed by atoms with Gasteiger partial charge in [-0.15, -0.1) is 10.2 Å². The molecule has 0 aromatic heterocycles. The van der Waals surface area contributed by atoms with Crippen molar-refractivity contribution in [3.8, 4) is 0 Å². The standard InChI is InChI=1S/2C18H23Cl2N6O2.H2O4S/c2*1-4-24(9-10-26(2,3)21)14-7-5-13(6-8-14)22-23-18-16(19)11-15(25(27)28)12-17(18)20;1-5(2,3)4/h2*5-8,11-12H,4,9-10,21H2,1-3H3;(H2,1,2,3,4)/q2*+1;/p-2. The lowest BCUT2D eigenvalue weighted by atomic mass is 10.2. The Morgan fingerprint density at radius 3 is 1.07 bits per heavy atom. The zero-order valence-electron chi connectivity index (χ0n) is 34.0. The topological polar surface area (TPSA) is 274 Å². The van der Waals surface area contributed by atoms with Crippen molar-refractivity contribution in [2.24, 2.45) is 32.1 Å². The number of halogens is 4. The Labute approximate surface area is 373 Å². The van der Waals surface area contributed by atoms with E-state index in [9.17, 15) is 20.2 Å². The summed E-state index contributed by atoms with van der Waals surface area (Å²) in [6.45, 7) is 9.16. The van der Waals surface area contributed by atoms with Crippen LogP contribution in [-0.2, 0) is 10.4 Å². The van der Waals surface area contributed by atoms with E-state index in [1.54, 1.807) is 0 Å². The van der Waals surface area contributed by atoms with Crippen LogP contribution in [0.2, 0.25) is 20.1 Å². The molecule has 0 aliphatic rings. The molecule has 332 valence electrons. The van der Waals surface area contributed by atoms with E-state index in [1.807, 2.05) is 76.7 Å². The smallest absolute Gasteiger partial charge is 0.272 e. The predicted octanol–water partition coefficient (Wildman–Crippen LogP) is 8.85. The number of rotatable bonds is 16. The summed E-state index contributed by atoms with van der Waals surface area (Å²) in [6, 6.07) is 19.9. The van der Waals surface area contributed by atoms with Gasteiger partial charge in [-0.1, -0.05) is 46.4 Å². The van der Waals surface area contributed by atoms with Gasteiger partial charge in [-0.05, 0) is 62.4 Å². The van der Waals surface area contributed by atoms with Crippen molar-refractivity contribution in [2.75, 3.05) is 77.3 Å². The van der Waals surface area contributed by atoms with Crippen molar-refractivity contribution < 1.29 is 36.6 Å². The minimum atomic E-state index is -5.17. The summed E-state index contributed by atoms with van der Waals surface area (Å²) in [5.74, 6) is 12.0. The highest BCUT2D eigenvalue weighted by Crippen LogP contribution is 2.39. The maximum absolute atomic E-state index is 10.8. The van der Waals surface area contributed by atoms with Gasteiger partial charge in [-0.25, -0.2) is 0 Å². The van der Waals surface area contributed by atoms with Crippen molar-refractivity contribution >= 4 is 102 Å². The molecule has 0 unspecified atom stereocenters. The van der Waals surface area contributed by atoms with E-state index in [1.165, 1.54) is 24.3 Å². The number of likely N-dealkylation sites (N-methyl/N-ethyl adjacent to an activating group) is 4. The molecule has 0 aliphatic heterocycles. The van der Waals surface area contributed by atoms with Crippen LogP contribution in [0, 0.1) is 20.2 Å². The molecule has 0 aliphatic carbocycles. The third-order valence-electron chi connectivity index (χ3n) is 8.04. The van der Waals surface area contributed by atoms with Gasteiger partial charge in [0.15, 0.2) is 0 Å². The van der Waals surface area contributed by atoms with E-state index in [0.717, 1.165) is 50.6 Å². The molecule has 0 fully saturated rings. The summed E-state index contributed by atoms with van der Waals surface area (Å²) >= 11 is 24.2. The number of nitro groups is 2. The van der Waals surface area contributed by atoms with Crippen LogP contribution in [0.1, 0.15) is 13.8 Å². The Hall–Kier alpha value is -4.65. The second kappa shape index (κ2) is 23.5. The van der Waals surface area contributed by atoms with Gasteiger partial charge in [0, 0.05) is 59.1 Å². The second-order valence-corrected chi connectivity index (χ2v) is 16.5. The highest BCUT2D eigenvalue weighted by molar-refractivity contribution is 7.79. The minimum absolute atomic E-state index is 0.0688. The summed E-state index contributed by atoms with van der Waals surface area (Å²) in [4.78, 5) is 25.0. The third kappa shape index (κ3) is 19.7. The van der Waals surface area contributed by atoms with Gasteiger partial charge in [0.2, 0.25) is 0 Å². The fourth-order valence-corrected chi connectivity index (χ4v) is 5.98. The number of hydrogen-bond donors (Lipinski definition) is 2. The van der Waals surface area contributed by atoms with Crippen LogP contribution in [0.4, 0.5) is 45.5 Å². The minimum Gasteiger partial charge on any atom is -0.759 e. The maximum atomic E-state index is 10.8. The van der Waals surface area contributed by atoms with Crippen molar-refractivity contribution in [1.82, 2.24) is 0 Å². The lowest BCUT2D eigenvalue weighted by Gasteiger charge is -2.28. The molecule has 0 saturated carbocycles. The Kier molecular flexibility index (Phi) is 20.3. The molecule has 0 amide bonds. The van der Waals surface area contributed by atoms with Crippen molar-refractivity contribution in [1.29, 1.82) is 0 Å². The maximum Gasteiger partial charge on any atom is 0.272 e. The van der Waals surface area contributed by atoms with Crippen LogP contribution in [0.15, 0.2) is 93.3 Å². The normalized spacial score (nSPS) is 11.8. The van der Waals surface area contributed by atoms with Crippen LogP contribution in [0.25, 0.3) is 0 Å². The predicted molar refractivity (Wildman–Crippen MR) is 236 cm³/mol. The molecule has 4 aromatic rings. The molecule has 25 heteroatoms. The van der Waals surface area contributed by atoms with Crippen LogP contribution in [0.3, 0.4) is 0 Å². The first-order valence-electron chi connectivity index (χ1n) is 17.9. The summed E-state index contributed by atoms with van der Waals surface area (Å²) in [5.41, 5.74) is 3.32. The highest BCUT2D eigenvalue weighted by atomic mass is 35.5. The second-order valence-electron chi connectivity index (χ2n) is 14.0. The summed E-state index contributed by atoms with van der Waals surface area (Å²) in [5, 5.41) is 38.3. The number of nitro benzene ring substituents is 2. The van der Waals surface area contributed by atoms with Gasteiger partial charge < -0.3 is 18.9 Å². The molecule has 0 bridgehead atoms.